The molecular weight excluding hydrogens is 238 g/mol. The van der Waals surface area contributed by atoms with Crippen molar-refractivity contribution in [2.45, 2.75) is 33.9 Å². The van der Waals surface area contributed by atoms with E-state index >= 15 is 0 Å². The van der Waals surface area contributed by atoms with Gasteiger partial charge >= 0.3 is 5.69 Å². The first-order valence-corrected chi connectivity index (χ1v) is 6.65. The number of aromatic nitrogens is 3. The largest absolute Gasteiger partial charge is 0.329 e. The SMILES string of the molecule is CCn1c(=O)n(CC)c2cc3c(C)nccc3cc21. The van der Waals surface area contributed by atoms with Gasteiger partial charge in [0, 0.05) is 30.4 Å². The van der Waals surface area contributed by atoms with Crippen LogP contribution in [0, 0.1) is 6.92 Å². The van der Waals surface area contributed by atoms with Crippen molar-refractivity contribution < 1.29 is 0 Å². The molecule has 4 nitrogen and oxygen atoms in total. The van der Waals surface area contributed by atoms with Crippen LogP contribution in [-0.2, 0) is 13.1 Å². The lowest BCUT2D eigenvalue weighted by Crippen LogP contribution is -2.22. The zero-order valence-corrected chi connectivity index (χ0v) is 11.5. The number of hydrogen-bond donors (Lipinski definition) is 0. The molecule has 19 heavy (non-hydrogen) atoms. The van der Waals surface area contributed by atoms with Gasteiger partial charge in [-0.2, -0.15) is 0 Å². The van der Waals surface area contributed by atoms with Crippen LogP contribution >= 0.6 is 0 Å². The summed E-state index contributed by atoms with van der Waals surface area (Å²) >= 11 is 0. The van der Waals surface area contributed by atoms with Gasteiger partial charge in [0.25, 0.3) is 0 Å². The molecule has 0 aliphatic heterocycles. The molecule has 2 heterocycles. The Morgan fingerprint density at radius 3 is 2.37 bits per heavy atom. The second-order valence-corrected chi connectivity index (χ2v) is 4.73. The summed E-state index contributed by atoms with van der Waals surface area (Å²) in [5, 5.41) is 2.25. The molecule has 0 atom stereocenters. The molecule has 0 aliphatic carbocycles. The Hall–Kier alpha value is -2.10. The van der Waals surface area contributed by atoms with Gasteiger partial charge in [0.2, 0.25) is 0 Å². The van der Waals surface area contributed by atoms with Crippen molar-refractivity contribution in [3.63, 3.8) is 0 Å². The number of hydrogen-bond acceptors (Lipinski definition) is 2. The van der Waals surface area contributed by atoms with Gasteiger partial charge in [-0.05, 0) is 44.4 Å². The van der Waals surface area contributed by atoms with Gasteiger partial charge < -0.3 is 0 Å². The highest BCUT2D eigenvalue weighted by Crippen LogP contribution is 2.23. The minimum atomic E-state index is 0.0703. The van der Waals surface area contributed by atoms with Crippen LogP contribution in [0.3, 0.4) is 0 Å². The monoisotopic (exact) mass is 255 g/mol. The van der Waals surface area contributed by atoms with E-state index in [0.717, 1.165) is 27.5 Å². The van der Waals surface area contributed by atoms with E-state index in [4.69, 9.17) is 0 Å². The predicted octanol–water partition coefficient (Wildman–Crippen LogP) is 2.70. The van der Waals surface area contributed by atoms with Gasteiger partial charge in [-0.15, -0.1) is 0 Å². The first kappa shape index (κ1) is 12.0. The Labute approximate surface area is 111 Å². The molecule has 0 bridgehead atoms. The molecule has 2 aromatic heterocycles. The summed E-state index contributed by atoms with van der Waals surface area (Å²) < 4.78 is 3.65. The van der Waals surface area contributed by atoms with E-state index in [1.54, 1.807) is 0 Å². The Balaban J connectivity index is 2.55. The second kappa shape index (κ2) is 4.23. The van der Waals surface area contributed by atoms with Crippen molar-refractivity contribution in [2.75, 3.05) is 0 Å². The molecule has 3 rings (SSSR count). The third-order valence-electron chi connectivity index (χ3n) is 3.73. The van der Waals surface area contributed by atoms with Gasteiger partial charge in [-0.3, -0.25) is 14.1 Å². The summed E-state index contributed by atoms with van der Waals surface area (Å²) in [5.41, 5.74) is 3.07. The van der Waals surface area contributed by atoms with Gasteiger partial charge in [0.1, 0.15) is 0 Å². The highest BCUT2D eigenvalue weighted by molar-refractivity contribution is 5.96. The van der Waals surface area contributed by atoms with E-state index in [1.807, 2.05) is 42.2 Å². The maximum Gasteiger partial charge on any atom is 0.329 e. The van der Waals surface area contributed by atoms with Crippen molar-refractivity contribution in [1.29, 1.82) is 0 Å². The van der Waals surface area contributed by atoms with Gasteiger partial charge in [0.05, 0.1) is 11.0 Å². The summed E-state index contributed by atoms with van der Waals surface area (Å²) in [7, 11) is 0. The summed E-state index contributed by atoms with van der Waals surface area (Å²) in [4.78, 5) is 16.6. The fourth-order valence-electron chi connectivity index (χ4n) is 2.74. The van der Waals surface area contributed by atoms with Crippen molar-refractivity contribution in [1.82, 2.24) is 14.1 Å². The maximum absolute atomic E-state index is 12.3. The first-order chi connectivity index (χ1) is 9.17. The van der Waals surface area contributed by atoms with Crippen molar-refractivity contribution in [3.8, 4) is 0 Å². The number of benzene rings is 1. The molecule has 98 valence electrons. The number of nitrogens with zero attached hydrogens (tertiary/aromatic N) is 3. The van der Waals surface area contributed by atoms with Gasteiger partial charge in [-0.1, -0.05) is 0 Å². The average Bonchev–Trinajstić information content (AvgIpc) is 2.67. The highest BCUT2D eigenvalue weighted by atomic mass is 16.1. The number of rotatable bonds is 2. The summed E-state index contributed by atoms with van der Waals surface area (Å²) in [6, 6.07) is 6.18. The summed E-state index contributed by atoms with van der Waals surface area (Å²) in [6.45, 7) is 7.38. The number of aryl methyl sites for hydroxylation is 3. The van der Waals surface area contributed by atoms with Crippen LogP contribution in [0.4, 0.5) is 0 Å². The lowest BCUT2D eigenvalue weighted by atomic mass is 10.1. The molecule has 0 unspecified atom stereocenters. The zero-order chi connectivity index (χ0) is 13.6. The molecule has 0 aliphatic rings. The molecular formula is C15H17N3O. The first-order valence-electron chi connectivity index (χ1n) is 6.65. The minimum absolute atomic E-state index is 0.0703. The van der Waals surface area contributed by atoms with E-state index in [1.165, 1.54) is 0 Å². The number of fused-ring (bicyclic) bond motifs is 2. The molecule has 0 saturated heterocycles. The molecule has 1 aromatic carbocycles. The average molecular weight is 255 g/mol. The lowest BCUT2D eigenvalue weighted by Gasteiger charge is -2.04. The Bertz CT molecular complexity index is 827. The Kier molecular flexibility index (Phi) is 2.66. The van der Waals surface area contributed by atoms with E-state index in [9.17, 15) is 4.79 Å². The van der Waals surface area contributed by atoms with Crippen LogP contribution in [0.15, 0.2) is 29.2 Å². The topological polar surface area (TPSA) is 39.8 Å². The van der Waals surface area contributed by atoms with Crippen molar-refractivity contribution in [3.05, 3.63) is 40.6 Å². The van der Waals surface area contributed by atoms with Crippen LogP contribution < -0.4 is 5.69 Å². The van der Waals surface area contributed by atoms with Crippen LogP contribution in [0.1, 0.15) is 19.5 Å². The Morgan fingerprint density at radius 2 is 1.74 bits per heavy atom. The molecule has 0 radical (unpaired) electrons. The molecule has 0 spiro atoms. The van der Waals surface area contributed by atoms with Gasteiger partial charge in [-0.25, -0.2) is 4.79 Å². The molecule has 0 N–H and O–H groups in total. The fraction of sp³-hybridized carbons (Fsp3) is 0.333. The fourth-order valence-corrected chi connectivity index (χ4v) is 2.74. The van der Waals surface area contributed by atoms with Crippen molar-refractivity contribution >= 4 is 21.8 Å². The summed E-state index contributed by atoms with van der Waals surface area (Å²) in [6.07, 6.45) is 1.81. The van der Waals surface area contributed by atoms with Crippen LogP contribution in [0.25, 0.3) is 21.8 Å². The molecule has 0 saturated carbocycles. The summed E-state index contributed by atoms with van der Waals surface area (Å²) in [5.74, 6) is 0. The van der Waals surface area contributed by atoms with E-state index < -0.39 is 0 Å². The lowest BCUT2D eigenvalue weighted by molar-refractivity contribution is 0.671. The molecule has 3 aromatic rings. The van der Waals surface area contributed by atoms with Crippen molar-refractivity contribution in [2.24, 2.45) is 0 Å². The van der Waals surface area contributed by atoms with Crippen LogP contribution in [0.2, 0.25) is 0 Å². The van der Waals surface area contributed by atoms with E-state index in [-0.39, 0.29) is 5.69 Å². The van der Waals surface area contributed by atoms with Crippen LogP contribution in [-0.4, -0.2) is 14.1 Å². The third-order valence-corrected chi connectivity index (χ3v) is 3.73. The van der Waals surface area contributed by atoms with Gasteiger partial charge in [0.15, 0.2) is 0 Å². The van der Waals surface area contributed by atoms with E-state index in [2.05, 4.69) is 17.1 Å². The normalized spacial score (nSPS) is 11.5. The standard InChI is InChI=1S/C15H17N3O/c1-4-17-13-8-11-6-7-16-10(3)12(11)9-14(13)18(5-2)15(17)19/h6-9H,4-5H2,1-3H3. The van der Waals surface area contributed by atoms with E-state index in [0.29, 0.717) is 13.1 Å². The zero-order valence-electron chi connectivity index (χ0n) is 11.5. The molecule has 0 amide bonds. The minimum Gasteiger partial charge on any atom is -0.292 e. The van der Waals surface area contributed by atoms with Crippen LogP contribution in [0.5, 0.6) is 0 Å². The molecule has 4 heteroatoms. The number of imidazole rings is 1. The quantitative estimate of drug-likeness (QED) is 0.706. The third kappa shape index (κ3) is 1.59. The maximum atomic E-state index is 12.3. The number of pyridine rings is 1. The smallest absolute Gasteiger partial charge is 0.292 e. The Morgan fingerprint density at radius 1 is 1.11 bits per heavy atom. The second-order valence-electron chi connectivity index (χ2n) is 4.73. The predicted molar refractivity (Wildman–Crippen MR) is 77.6 cm³/mol. The molecule has 0 fully saturated rings. The highest BCUT2D eigenvalue weighted by Gasteiger charge is 2.12.